The third kappa shape index (κ3) is 4.62. The van der Waals surface area contributed by atoms with Gasteiger partial charge >= 0.3 is 0 Å². The van der Waals surface area contributed by atoms with Crippen molar-refractivity contribution in [1.29, 1.82) is 0 Å². The van der Waals surface area contributed by atoms with Crippen molar-refractivity contribution in [2.45, 2.75) is 25.3 Å². The van der Waals surface area contributed by atoms with E-state index in [4.69, 9.17) is 0 Å². The second-order valence-corrected chi connectivity index (χ2v) is 4.66. The van der Waals surface area contributed by atoms with Crippen molar-refractivity contribution in [2.75, 3.05) is 40.8 Å². The number of hydrogen-bond acceptors (Lipinski definition) is 3. The van der Waals surface area contributed by atoms with Crippen molar-refractivity contribution in [3.63, 3.8) is 0 Å². The Hall–Kier alpha value is -0.610. The quantitative estimate of drug-likeness (QED) is 0.722. The van der Waals surface area contributed by atoms with E-state index in [1.165, 1.54) is 19.3 Å². The molecule has 1 fully saturated rings. The van der Waals surface area contributed by atoms with Crippen LogP contribution in [0.3, 0.4) is 0 Å². The maximum absolute atomic E-state index is 11.7. The van der Waals surface area contributed by atoms with Crippen LogP contribution in [0.2, 0.25) is 0 Å². The molecule has 88 valence electrons. The standard InChI is InChI=1S/C11H23N3O/c1-13(2)9-11(15)14(3)8-10-6-4-5-7-12-10/h10,12H,4-9H2,1-3H3. The number of rotatable bonds is 4. The number of likely N-dealkylation sites (N-methyl/N-ethyl adjacent to an activating group) is 2. The summed E-state index contributed by atoms with van der Waals surface area (Å²) in [5.74, 6) is 0.201. The zero-order valence-electron chi connectivity index (χ0n) is 10.1. The van der Waals surface area contributed by atoms with Crippen LogP contribution in [0.25, 0.3) is 0 Å². The highest BCUT2D eigenvalue weighted by Crippen LogP contribution is 2.07. The lowest BCUT2D eigenvalue weighted by Crippen LogP contribution is -2.46. The molecule has 1 aliphatic heterocycles. The Morgan fingerprint density at radius 2 is 2.07 bits per heavy atom. The van der Waals surface area contributed by atoms with Crippen molar-refractivity contribution in [3.05, 3.63) is 0 Å². The lowest BCUT2D eigenvalue weighted by molar-refractivity contribution is -0.130. The van der Waals surface area contributed by atoms with E-state index >= 15 is 0 Å². The number of carbonyl (C=O) groups is 1. The zero-order valence-corrected chi connectivity index (χ0v) is 10.1. The van der Waals surface area contributed by atoms with Gasteiger partial charge in [0.2, 0.25) is 5.91 Å². The maximum atomic E-state index is 11.7. The Labute approximate surface area is 92.6 Å². The predicted molar refractivity (Wildman–Crippen MR) is 61.8 cm³/mol. The van der Waals surface area contributed by atoms with E-state index in [1.54, 1.807) is 0 Å². The maximum Gasteiger partial charge on any atom is 0.236 e. The van der Waals surface area contributed by atoms with Crippen LogP contribution in [-0.4, -0.2) is 62.5 Å². The fourth-order valence-corrected chi connectivity index (χ4v) is 1.90. The van der Waals surface area contributed by atoms with Gasteiger partial charge in [0.05, 0.1) is 6.54 Å². The molecule has 1 unspecified atom stereocenters. The van der Waals surface area contributed by atoms with Crippen molar-refractivity contribution in [1.82, 2.24) is 15.1 Å². The normalized spacial score (nSPS) is 21.7. The first-order chi connectivity index (χ1) is 7.09. The zero-order chi connectivity index (χ0) is 11.3. The van der Waals surface area contributed by atoms with Crippen LogP contribution in [0.15, 0.2) is 0 Å². The number of piperidine rings is 1. The third-order valence-electron chi connectivity index (χ3n) is 2.78. The van der Waals surface area contributed by atoms with Crippen molar-refractivity contribution < 1.29 is 4.79 Å². The first-order valence-corrected chi connectivity index (χ1v) is 5.71. The van der Waals surface area contributed by atoms with E-state index in [0.29, 0.717) is 12.6 Å². The van der Waals surface area contributed by atoms with Gasteiger partial charge in [0, 0.05) is 19.6 Å². The van der Waals surface area contributed by atoms with Gasteiger partial charge in [-0.2, -0.15) is 0 Å². The molecule has 1 atom stereocenters. The monoisotopic (exact) mass is 213 g/mol. The molecule has 1 heterocycles. The molecule has 1 N–H and O–H groups in total. The average molecular weight is 213 g/mol. The fourth-order valence-electron chi connectivity index (χ4n) is 1.90. The topological polar surface area (TPSA) is 35.6 Å². The molecule has 15 heavy (non-hydrogen) atoms. The number of amides is 1. The molecule has 0 spiro atoms. The van der Waals surface area contributed by atoms with Crippen LogP contribution in [0.1, 0.15) is 19.3 Å². The van der Waals surface area contributed by atoms with Gasteiger partial charge in [-0.05, 0) is 33.5 Å². The summed E-state index contributed by atoms with van der Waals surface area (Å²) in [6, 6.07) is 0.495. The smallest absolute Gasteiger partial charge is 0.236 e. The van der Waals surface area contributed by atoms with Gasteiger partial charge in [-0.3, -0.25) is 4.79 Å². The van der Waals surface area contributed by atoms with Crippen molar-refractivity contribution >= 4 is 5.91 Å². The number of nitrogens with one attached hydrogen (secondary N) is 1. The molecule has 1 saturated heterocycles. The fraction of sp³-hybridized carbons (Fsp3) is 0.909. The number of carbonyl (C=O) groups excluding carboxylic acids is 1. The molecule has 0 saturated carbocycles. The Kier molecular flexibility index (Phi) is 5.05. The molecule has 0 aromatic heterocycles. The van der Waals surface area contributed by atoms with E-state index in [-0.39, 0.29) is 5.91 Å². The molecule has 1 amide bonds. The number of hydrogen-bond donors (Lipinski definition) is 1. The summed E-state index contributed by atoms with van der Waals surface area (Å²) in [5.41, 5.74) is 0. The van der Waals surface area contributed by atoms with Gasteiger partial charge < -0.3 is 15.1 Å². The largest absolute Gasteiger partial charge is 0.343 e. The molecular weight excluding hydrogens is 190 g/mol. The summed E-state index contributed by atoms with van der Waals surface area (Å²) in [6.07, 6.45) is 3.75. The Morgan fingerprint density at radius 3 is 2.60 bits per heavy atom. The van der Waals surface area contributed by atoms with E-state index in [9.17, 15) is 4.79 Å². The Morgan fingerprint density at radius 1 is 1.33 bits per heavy atom. The van der Waals surface area contributed by atoms with Crippen LogP contribution >= 0.6 is 0 Å². The highest BCUT2D eigenvalue weighted by molar-refractivity contribution is 5.77. The molecular formula is C11H23N3O. The molecule has 1 rings (SSSR count). The minimum Gasteiger partial charge on any atom is -0.343 e. The molecule has 0 bridgehead atoms. The second kappa shape index (κ2) is 6.08. The van der Waals surface area contributed by atoms with E-state index in [2.05, 4.69) is 5.32 Å². The molecule has 0 aromatic carbocycles. The van der Waals surface area contributed by atoms with Gasteiger partial charge in [0.15, 0.2) is 0 Å². The predicted octanol–water partition coefficient (Wildman–Crippen LogP) is 0.149. The van der Waals surface area contributed by atoms with Gasteiger partial charge in [0.1, 0.15) is 0 Å². The summed E-state index contributed by atoms with van der Waals surface area (Å²) in [4.78, 5) is 15.4. The van der Waals surface area contributed by atoms with E-state index in [0.717, 1.165) is 13.1 Å². The summed E-state index contributed by atoms with van der Waals surface area (Å²) in [5, 5.41) is 3.45. The van der Waals surface area contributed by atoms with Crippen molar-refractivity contribution in [2.24, 2.45) is 0 Å². The molecule has 0 radical (unpaired) electrons. The second-order valence-electron chi connectivity index (χ2n) is 4.66. The average Bonchev–Trinajstić information content (AvgIpc) is 2.18. The lowest BCUT2D eigenvalue weighted by atomic mass is 10.0. The van der Waals surface area contributed by atoms with Gasteiger partial charge in [0.25, 0.3) is 0 Å². The first-order valence-electron chi connectivity index (χ1n) is 5.71. The summed E-state index contributed by atoms with van der Waals surface area (Å²) >= 11 is 0. The lowest BCUT2D eigenvalue weighted by Gasteiger charge is -2.28. The van der Waals surface area contributed by atoms with Crippen molar-refractivity contribution in [3.8, 4) is 0 Å². The molecule has 1 aliphatic rings. The molecule has 4 nitrogen and oxygen atoms in total. The van der Waals surface area contributed by atoms with Crippen LogP contribution in [0, 0.1) is 0 Å². The minimum atomic E-state index is 0.201. The molecule has 4 heteroatoms. The molecule has 0 aliphatic carbocycles. The summed E-state index contributed by atoms with van der Waals surface area (Å²) in [6.45, 7) is 2.44. The van der Waals surface area contributed by atoms with Crippen LogP contribution < -0.4 is 5.32 Å². The molecule has 0 aromatic rings. The summed E-state index contributed by atoms with van der Waals surface area (Å²) < 4.78 is 0. The summed E-state index contributed by atoms with van der Waals surface area (Å²) in [7, 11) is 5.73. The van der Waals surface area contributed by atoms with E-state index in [1.807, 2.05) is 30.9 Å². The third-order valence-corrected chi connectivity index (χ3v) is 2.78. The van der Waals surface area contributed by atoms with Gasteiger partial charge in [-0.25, -0.2) is 0 Å². The van der Waals surface area contributed by atoms with Crippen LogP contribution in [0.5, 0.6) is 0 Å². The first kappa shape index (κ1) is 12.5. The Bertz CT molecular complexity index is 200. The SMILES string of the molecule is CN(C)CC(=O)N(C)CC1CCCCN1. The Balaban J connectivity index is 2.26. The minimum absolute atomic E-state index is 0.201. The van der Waals surface area contributed by atoms with Crippen LogP contribution in [0.4, 0.5) is 0 Å². The van der Waals surface area contributed by atoms with Crippen LogP contribution in [-0.2, 0) is 4.79 Å². The van der Waals surface area contributed by atoms with Gasteiger partial charge in [-0.1, -0.05) is 6.42 Å². The van der Waals surface area contributed by atoms with Gasteiger partial charge in [-0.15, -0.1) is 0 Å². The highest BCUT2D eigenvalue weighted by Gasteiger charge is 2.17. The highest BCUT2D eigenvalue weighted by atomic mass is 16.2. The van der Waals surface area contributed by atoms with E-state index < -0.39 is 0 Å². The number of nitrogens with zero attached hydrogens (tertiary/aromatic N) is 2.